The van der Waals surface area contributed by atoms with Crippen LogP contribution < -0.4 is 42.5 Å². The standard InChI is InChI=1S/C64H78F2N10O8/c1-35(47-17-13-15-19-49(47)65)69-59(81)51-31-41-25-27-45(29-43(41)33-75(51)61(83)53(63(5,6)7)73-55(77)37(3)67-11)71-57(79)39-21-23-40(24-22-39)58(80)72-46-28-26-42-32-52(60(82)70-36(2)48-18-14-16-20-50(48)66)76(34-44(42)30-46)62(84)54(64(8,9)10)74-56(78)38(4)68-12/h13-30,35-38,51-54,67-68H,31-34H2,1-12H3,(H,69,81)(H,70,82)(H,71,79)(H,72,80)(H,73,77)(H,74,78)/t35-,36-,37+,38+,51+,52+,53-,54?/m1/s1. The Morgan fingerprint density at radius 1 is 0.476 bits per heavy atom. The maximum Gasteiger partial charge on any atom is 0.255 e. The van der Waals surface area contributed by atoms with Gasteiger partial charge in [-0.1, -0.05) is 90.1 Å². The summed E-state index contributed by atoms with van der Waals surface area (Å²) >= 11 is 0. The summed E-state index contributed by atoms with van der Waals surface area (Å²) in [6.45, 7) is 17.4. The van der Waals surface area contributed by atoms with Crippen LogP contribution in [0, 0.1) is 22.5 Å². The van der Waals surface area contributed by atoms with Crippen LogP contribution in [0.3, 0.4) is 0 Å². The molecule has 20 heteroatoms. The Morgan fingerprint density at radius 2 is 0.821 bits per heavy atom. The third kappa shape index (κ3) is 14.9. The quantitative estimate of drug-likeness (QED) is 0.0447. The van der Waals surface area contributed by atoms with E-state index >= 15 is 0 Å². The molecule has 0 radical (unpaired) electrons. The van der Waals surface area contributed by atoms with Crippen LogP contribution in [0.25, 0.3) is 0 Å². The summed E-state index contributed by atoms with van der Waals surface area (Å²) < 4.78 is 29.7. The van der Waals surface area contributed by atoms with Crippen molar-refractivity contribution in [3.05, 3.63) is 165 Å². The zero-order valence-corrected chi connectivity index (χ0v) is 49.8. The molecule has 5 aromatic carbocycles. The van der Waals surface area contributed by atoms with Gasteiger partial charge in [0.05, 0.1) is 24.2 Å². The number of anilines is 2. The van der Waals surface area contributed by atoms with Gasteiger partial charge >= 0.3 is 0 Å². The number of hydrogen-bond donors (Lipinski definition) is 8. The first-order chi connectivity index (χ1) is 39.6. The predicted molar refractivity (Wildman–Crippen MR) is 317 cm³/mol. The molecule has 18 nitrogen and oxygen atoms in total. The summed E-state index contributed by atoms with van der Waals surface area (Å²) in [7, 11) is 3.26. The molecular weight excluding hydrogens is 1070 g/mol. The normalized spacial score (nSPS) is 17.1. The van der Waals surface area contributed by atoms with Gasteiger partial charge in [0.25, 0.3) is 11.8 Å². The average molecular weight is 1150 g/mol. The Kier molecular flexibility index (Phi) is 19.9. The lowest BCUT2D eigenvalue weighted by molar-refractivity contribution is -0.147. The van der Waals surface area contributed by atoms with Crippen molar-refractivity contribution in [1.29, 1.82) is 0 Å². The number of amides is 8. The molecule has 0 bridgehead atoms. The van der Waals surface area contributed by atoms with Gasteiger partial charge in [0.1, 0.15) is 35.8 Å². The van der Waals surface area contributed by atoms with Crippen molar-refractivity contribution in [2.45, 2.75) is 144 Å². The van der Waals surface area contributed by atoms with Gasteiger partial charge in [0.2, 0.25) is 35.4 Å². The lowest BCUT2D eigenvalue weighted by Gasteiger charge is -2.41. The third-order valence-corrected chi connectivity index (χ3v) is 15.7. The second kappa shape index (κ2) is 26.5. The Hall–Kier alpha value is -8.36. The van der Waals surface area contributed by atoms with E-state index in [-0.39, 0.29) is 48.2 Å². The van der Waals surface area contributed by atoms with E-state index in [1.165, 1.54) is 46.2 Å². The Balaban J connectivity index is 1.07. The summed E-state index contributed by atoms with van der Waals surface area (Å²) in [4.78, 5) is 115. The second-order valence-corrected chi connectivity index (χ2v) is 24.0. The minimum absolute atomic E-state index is 0.0537. The molecule has 0 fully saturated rings. The molecule has 0 aliphatic carbocycles. The van der Waals surface area contributed by atoms with E-state index in [0.29, 0.717) is 22.5 Å². The van der Waals surface area contributed by atoms with Crippen molar-refractivity contribution < 1.29 is 47.1 Å². The summed E-state index contributed by atoms with van der Waals surface area (Å²) in [5.74, 6) is -4.79. The average Bonchev–Trinajstić information content (AvgIpc) is 3.65. The molecule has 1 unspecified atom stereocenters. The first-order valence-electron chi connectivity index (χ1n) is 28.2. The lowest BCUT2D eigenvalue weighted by atomic mass is 9.84. The van der Waals surface area contributed by atoms with Gasteiger partial charge in [0.15, 0.2) is 0 Å². The summed E-state index contributed by atoms with van der Waals surface area (Å²) in [6, 6.07) is 21.7. The van der Waals surface area contributed by atoms with Gasteiger partial charge in [-0.25, -0.2) is 8.78 Å². The molecule has 0 saturated carbocycles. The molecule has 8 N–H and O–H groups in total. The van der Waals surface area contributed by atoms with E-state index in [2.05, 4.69) is 42.5 Å². The van der Waals surface area contributed by atoms with E-state index in [1.54, 1.807) is 115 Å². The van der Waals surface area contributed by atoms with E-state index < -0.39 is 118 Å². The highest BCUT2D eigenvalue weighted by Gasteiger charge is 2.45. The van der Waals surface area contributed by atoms with Crippen molar-refractivity contribution in [3.63, 3.8) is 0 Å². The molecule has 0 saturated heterocycles. The number of rotatable bonds is 18. The number of carbonyl (C=O) groups is 8. The molecule has 0 spiro atoms. The molecular formula is C64H78F2N10O8. The van der Waals surface area contributed by atoms with Gasteiger partial charge in [-0.3, -0.25) is 38.4 Å². The maximum atomic E-state index is 14.8. The topological polar surface area (TPSA) is 239 Å². The molecule has 5 aromatic rings. The highest BCUT2D eigenvalue weighted by atomic mass is 19.1. The van der Waals surface area contributed by atoms with Crippen LogP contribution in [-0.4, -0.2) is 107 Å². The Bertz CT molecular complexity index is 3090. The number of hydrogen-bond acceptors (Lipinski definition) is 10. The van der Waals surface area contributed by atoms with Crippen LogP contribution in [0.4, 0.5) is 20.2 Å². The number of benzene rings is 5. The molecule has 7 rings (SSSR count). The predicted octanol–water partition coefficient (Wildman–Crippen LogP) is 7.01. The fourth-order valence-electron chi connectivity index (χ4n) is 10.3. The second-order valence-electron chi connectivity index (χ2n) is 24.0. The van der Waals surface area contributed by atoms with Crippen molar-refractivity contribution in [2.75, 3.05) is 24.7 Å². The molecule has 2 aliphatic rings. The van der Waals surface area contributed by atoms with E-state index in [0.717, 1.165) is 11.1 Å². The molecule has 8 atom stereocenters. The minimum Gasteiger partial charge on any atom is -0.348 e. The minimum atomic E-state index is -1.04. The summed E-state index contributed by atoms with van der Waals surface area (Å²) in [5, 5.41) is 23.2. The van der Waals surface area contributed by atoms with E-state index in [1.807, 2.05) is 41.5 Å². The van der Waals surface area contributed by atoms with Crippen LogP contribution in [-0.2, 0) is 54.7 Å². The first-order valence-corrected chi connectivity index (χ1v) is 28.2. The number of halogens is 2. The first kappa shape index (κ1) is 63.2. The van der Waals surface area contributed by atoms with Crippen molar-refractivity contribution in [2.24, 2.45) is 10.8 Å². The van der Waals surface area contributed by atoms with E-state index in [9.17, 15) is 47.1 Å². The zero-order chi connectivity index (χ0) is 61.5. The van der Waals surface area contributed by atoms with Crippen LogP contribution in [0.1, 0.15) is 135 Å². The Labute approximate surface area is 490 Å². The molecule has 8 amide bonds. The number of fused-ring (bicyclic) bond motifs is 2. The lowest BCUT2D eigenvalue weighted by Crippen LogP contribution is -2.62. The monoisotopic (exact) mass is 1150 g/mol. The van der Waals surface area contributed by atoms with Gasteiger partial charge in [-0.05, 0) is 136 Å². The van der Waals surface area contributed by atoms with Crippen molar-refractivity contribution >= 4 is 58.6 Å². The van der Waals surface area contributed by atoms with Crippen molar-refractivity contribution in [3.8, 4) is 0 Å². The van der Waals surface area contributed by atoms with Gasteiger partial charge in [-0.15, -0.1) is 0 Å². The van der Waals surface area contributed by atoms with Gasteiger partial charge in [-0.2, -0.15) is 0 Å². The third-order valence-electron chi connectivity index (χ3n) is 15.7. The van der Waals surface area contributed by atoms with Crippen LogP contribution in [0.15, 0.2) is 109 Å². The smallest absolute Gasteiger partial charge is 0.255 e. The molecule has 0 aromatic heterocycles. The fourth-order valence-corrected chi connectivity index (χ4v) is 10.3. The number of carbonyl (C=O) groups excluding carboxylic acids is 8. The van der Waals surface area contributed by atoms with Crippen LogP contribution in [0.2, 0.25) is 0 Å². The fraction of sp³-hybridized carbons (Fsp3) is 0.406. The Morgan fingerprint density at radius 3 is 1.14 bits per heavy atom. The van der Waals surface area contributed by atoms with Gasteiger partial charge < -0.3 is 52.3 Å². The SMILES string of the molecule is CN[C@@H](C)C(=O)NC(C(=O)N1Cc2cc(NC(=O)c3ccc(C(=O)Nc4ccc5c(c4)CN(C(=O)[C@@H](NC(=O)[C@H](C)NC)C(C)(C)C)[C@H](C(=O)N[C@H](C)c4ccccc4F)C5)cc3)ccc2C[C@H]1C(=O)N[C@H](C)c1ccccc1F)C(C)(C)C. The highest BCUT2D eigenvalue weighted by molar-refractivity contribution is 6.07. The van der Waals surface area contributed by atoms with Crippen molar-refractivity contribution in [1.82, 2.24) is 41.7 Å². The van der Waals surface area contributed by atoms with Gasteiger partial charge in [0, 0.05) is 59.6 Å². The molecule has 2 aliphatic heterocycles. The van der Waals surface area contributed by atoms with Crippen LogP contribution >= 0.6 is 0 Å². The molecule has 84 heavy (non-hydrogen) atoms. The molecule has 2 heterocycles. The zero-order valence-electron chi connectivity index (χ0n) is 49.8. The largest absolute Gasteiger partial charge is 0.348 e. The number of nitrogens with zero attached hydrogens (tertiary/aromatic N) is 2. The summed E-state index contributed by atoms with van der Waals surface area (Å²) in [6.07, 6.45) is 0.174. The number of likely N-dealkylation sites (N-methyl/N-ethyl adjacent to an activating group) is 2. The van der Waals surface area contributed by atoms with Crippen LogP contribution in [0.5, 0.6) is 0 Å². The summed E-state index contributed by atoms with van der Waals surface area (Å²) in [5.41, 5.74) is 3.01. The molecule has 446 valence electrons. The maximum absolute atomic E-state index is 14.8. The number of nitrogens with one attached hydrogen (secondary N) is 8. The highest BCUT2D eigenvalue weighted by Crippen LogP contribution is 2.33. The van der Waals surface area contributed by atoms with E-state index in [4.69, 9.17) is 0 Å².